The average Bonchev–Trinajstić information content (AvgIpc) is 2.36. The highest BCUT2D eigenvalue weighted by molar-refractivity contribution is 5.23. The third kappa shape index (κ3) is 4.45. The molecular formula is C17H30N2. The number of rotatable bonds is 3. The normalized spacial score (nSPS) is 24.1. The lowest BCUT2D eigenvalue weighted by molar-refractivity contribution is 0.381. The van der Waals surface area contributed by atoms with Crippen molar-refractivity contribution < 1.29 is 0 Å². The SMILES string of the molecule is C/C(=C/C(N)=C/N)C(C)C1C=C(C(C)(C)C)CCC1. The van der Waals surface area contributed by atoms with E-state index < -0.39 is 0 Å². The molecule has 0 aromatic heterocycles. The van der Waals surface area contributed by atoms with Gasteiger partial charge in [-0.05, 0) is 49.5 Å². The molecule has 2 unspecified atom stereocenters. The van der Waals surface area contributed by atoms with E-state index in [1.807, 2.05) is 6.08 Å². The minimum atomic E-state index is 0.298. The quantitative estimate of drug-likeness (QED) is 0.594. The minimum Gasteiger partial charge on any atom is -0.403 e. The summed E-state index contributed by atoms with van der Waals surface area (Å²) in [7, 11) is 0. The van der Waals surface area contributed by atoms with Crippen molar-refractivity contribution in [1.29, 1.82) is 0 Å². The first-order chi connectivity index (χ1) is 8.75. The van der Waals surface area contributed by atoms with Gasteiger partial charge in [0.05, 0.1) is 0 Å². The zero-order chi connectivity index (χ0) is 14.6. The van der Waals surface area contributed by atoms with Gasteiger partial charge >= 0.3 is 0 Å². The van der Waals surface area contributed by atoms with E-state index in [-0.39, 0.29) is 0 Å². The highest BCUT2D eigenvalue weighted by atomic mass is 14.6. The van der Waals surface area contributed by atoms with Crippen molar-refractivity contribution in [2.24, 2.45) is 28.7 Å². The Morgan fingerprint density at radius 3 is 2.58 bits per heavy atom. The Hall–Kier alpha value is -1.18. The van der Waals surface area contributed by atoms with Gasteiger partial charge in [-0.15, -0.1) is 0 Å². The molecule has 0 spiro atoms. The van der Waals surface area contributed by atoms with Gasteiger partial charge in [-0.25, -0.2) is 0 Å². The molecule has 1 aliphatic carbocycles. The average molecular weight is 262 g/mol. The van der Waals surface area contributed by atoms with Crippen LogP contribution >= 0.6 is 0 Å². The number of nitrogens with two attached hydrogens (primary N) is 2. The van der Waals surface area contributed by atoms with Gasteiger partial charge in [0.2, 0.25) is 0 Å². The topological polar surface area (TPSA) is 52.0 Å². The molecule has 0 radical (unpaired) electrons. The Kier molecular flexibility index (Phi) is 5.28. The number of hydrogen-bond donors (Lipinski definition) is 2. The fraction of sp³-hybridized carbons (Fsp3) is 0.647. The zero-order valence-electron chi connectivity index (χ0n) is 13.2. The molecule has 0 saturated heterocycles. The van der Waals surface area contributed by atoms with Gasteiger partial charge < -0.3 is 11.5 Å². The Labute approximate surface area is 118 Å². The second-order valence-electron chi connectivity index (χ2n) is 6.84. The number of hydrogen-bond acceptors (Lipinski definition) is 2. The summed E-state index contributed by atoms with van der Waals surface area (Å²) >= 11 is 0. The highest BCUT2D eigenvalue weighted by Crippen LogP contribution is 2.38. The van der Waals surface area contributed by atoms with Crippen molar-refractivity contribution in [2.75, 3.05) is 0 Å². The zero-order valence-corrected chi connectivity index (χ0v) is 13.2. The van der Waals surface area contributed by atoms with Crippen LogP contribution in [0, 0.1) is 17.3 Å². The predicted octanol–water partition coefficient (Wildman–Crippen LogP) is 4.10. The Bertz CT molecular complexity index is 394. The van der Waals surface area contributed by atoms with Crippen LogP contribution in [0.15, 0.2) is 35.2 Å². The van der Waals surface area contributed by atoms with Gasteiger partial charge in [0.25, 0.3) is 0 Å². The molecule has 2 nitrogen and oxygen atoms in total. The van der Waals surface area contributed by atoms with Crippen LogP contribution in [0.4, 0.5) is 0 Å². The summed E-state index contributed by atoms with van der Waals surface area (Å²) < 4.78 is 0. The summed E-state index contributed by atoms with van der Waals surface area (Å²) in [6.07, 6.45) is 9.80. The molecule has 4 N–H and O–H groups in total. The first-order valence-corrected chi connectivity index (χ1v) is 7.32. The van der Waals surface area contributed by atoms with Crippen molar-refractivity contribution >= 4 is 0 Å². The molecule has 0 aromatic carbocycles. The Morgan fingerprint density at radius 1 is 1.42 bits per heavy atom. The largest absolute Gasteiger partial charge is 0.403 e. The van der Waals surface area contributed by atoms with E-state index in [1.165, 1.54) is 31.0 Å². The molecule has 0 aliphatic heterocycles. The van der Waals surface area contributed by atoms with Gasteiger partial charge in [0.1, 0.15) is 0 Å². The number of allylic oxidation sites excluding steroid dienone is 4. The Morgan fingerprint density at radius 2 is 2.05 bits per heavy atom. The van der Waals surface area contributed by atoms with Crippen LogP contribution in [-0.4, -0.2) is 0 Å². The maximum atomic E-state index is 5.78. The van der Waals surface area contributed by atoms with E-state index in [4.69, 9.17) is 11.5 Å². The summed E-state index contributed by atoms with van der Waals surface area (Å²) in [6, 6.07) is 0. The van der Waals surface area contributed by atoms with E-state index in [1.54, 1.807) is 5.57 Å². The summed E-state index contributed by atoms with van der Waals surface area (Å²) in [5.74, 6) is 1.15. The van der Waals surface area contributed by atoms with Crippen molar-refractivity contribution in [1.82, 2.24) is 0 Å². The maximum Gasteiger partial charge on any atom is 0.0471 e. The predicted molar refractivity (Wildman–Crippen MR) is 84.3 cm³/mol. The summed E-state index contributed by atoms with van der Waals surface area (Å²) in [5, 5.41) is 0. The monoisotopic (exact) mass is 262 g/mol. The lowest BCUT2D eigenvalue weighted by Gasteiger charge is -2.32. The standard InChI is InChI=1S/C17H30N2/c1-12(9-16(19)11-18)13(2)14-7-6-8-15(10-14)17(3,4)5/h9-11,13-14H,6-8,18-19H2,1-5H3/b12-9-,16-11-. The van der Waals surface area contributed by atoms with Crippen LogP contribution < -0.4 is 11.5 Å². The fourth-order valence-corrected chi connectivity index (χ4v) is 2.75. The second kappa shape index (κ2) is 6.31. The summed E-state index contributed by atoms with van der Waals surface area (Å²) in [5.41, 5.74) is 15.1. The van der Waals surface area contributed by atoms with Gasteiger partial charge in [0.15, 0.2) is 0 Å². The molecule has 108 valence electrons. The van der Waals surface area contributed by atoms with Gasteiger partial charge in [-0.2, -0.15) is 0 Å². The third-order valence-corrected chi connectivity index (χ3v) is 4.31. The smallest absolute Gasteiger partial charge is 0.0471 e. The molecule has 0 aromatic rings. The van der Waals surface area contributed by atoms with Crippen LogP contribution in [-0.2, 0) is 0 Å². The van der Waals surface area contributed by atoms with Crippen LogP contribution in [0.5, 0.6) is 0 Å². The molecule has 2 heteroatoms. The second-order valence-corrected chi connectivity index (χ2v) is 6.84. The van der Waals surface area contributed by atoms with E-state index in [2.05, 4.69) is 40.7 Å². The lowest BCUT2D eigenvalue weighted by atomic mass is 9.73. The minimum absolute atomic E-state index is 0.298. The lowest BCUT2D eigenvalue weighted by Crippen LogP contribution is -2.20. The Balaban J connectivity index is 2.88. The van der Waals surface area contributed by atoms with Crippen molar-refractivity contribution in [3.8, 4) is 0 Å². The molecule has 0 saturated carbocycles. The van der Waals surface area contributed by atoms with Gasteiger partial charge in [-0.3, -0.25) is 0 Å². The van der Waals surface area contributed by atoms with Crippen molar-refractivity contribution in [3.05, 3.63) is 35.2 Å². The fourth-order valence-electron chi connectivity index (χ4n) is 2.75. The molecule has 0 fully saturated rings. The first-order valence-electron chi connectivity index (χ1n) is 7.32. The molecule has 1 rings (SSSR count). The molecule has 0 heterocycles. The molecule has 1 aliphatic rings. The molecular weight excluding hydrogens is 232 g/mol. The summed E-state index contributed by atoms with van der Waals surface area (Å²) in [6.45, 7) is 11.4. The maximum absolute atomic E-state index is 5.78. The van der Waals surface area contributed by atoms with Crippen LogP contribution in [0.3, 0.4) is 0 Å². The van der Waals surface area contributed by atoms with E-state index in [9.17, 15) is 0 Å². The molecule has 19 heavy (non-hydrogen) atoms. The molecule has 0 amide bonds. The van der Waals surface area contributed by atoms with Crippen LogP contribution in [0.2, 0.25) is 0 Å². The molecule has 2 atom stereocenters. The summed E-state index contributed by atoms with van der Waals surface area (Å²) in [4.78, 5) is 0. The first kappa shape index (κ1) is 15.9. The van der Waals surface area contributed by atoms with E-state index in [0.717, 1.165) is 0 Å². The van der Waals surface area contributed by atoms with Gasteiger partial charge in [0, 0.05) is 11.9 Å². The van der Waals surface area contributed by atoms with E-state index >= 15 is 0 Å². The highest BCUT2D eigenvalue weighted by Gasteiger charge is 2.25. The third-order valence-electron chi connectivity index (χ3n) is 4.31. The van der Waals surface area contributed by atoms with Crippen molar-refractivity contribution in [2.45, 2.75) is 53.9 Å². The van der Waals surface area contributed by atoms with Gasteiger partial charge in [-0.1, -0.05) is 44.9 Å². The van der Waals surface area contributed by atoms with Crippen LogP contribution in [0.1, 0.15) is 53.9 Å². The molecule has 0 bridgehead atoms. The van der Waals surface area contributed by atoms with Crippen LogP contribution in [0.25, 0.3) is 0 Å². The van der Waals surface area contributed by atoms with Crippen molar-refractivity contribution in [3.63, 3.8) is 0 Å². The van der Waals surface area contributed by atoms with E-state index in [0.29, 0.717) is 22.9 Å².